The minimum Gasteiger partial charge on any atom is -0.444 e. The largest absolute Gasteiger partial charge is 0.444 e. The number of hydrogen-bond donors (Lipinski definition) is 1. The van der Waals surface area contributed by atoms with Crippen molar-refractivity contribution in [3.63, 3.8) is 0 Å². The number of hydrogen-bond acceptors (Lipinski definition) is 5. The number of aromatic nitrogens is 3. The molecular formula is C20H24N4O2S. The Morgan fingerprint density at radius 2 is 2.11 bits per heavy atom. The number of nitrogens with one attached hydrogen (secondary N) is 1. The molecule has 0 radical (unpaired) electrons. The average Bonchev–Trinajstić information content (AvgIpc) is 3.27. The number of fused-ring (bicyclic) bond motifs is 1. The Kier molecular flexibility index (Phi) is 4.63. The van der Waals surface area contributed by atoms with E-state index >= 15 is 0 Å². The number of ether oxygens (including phenoxy) is 1. The lowest BCUT2D eigenvalue weighted by Gasteiger charge is -2.32. The fourth-order valence-electron chi connectivity index (χ4n) is 3.42. The van der Waals surface area contributed by atoms with Crippen molar-refractivity contribution in [3.05, 3.63) is 35.7 Å². The third-order valence-electron chi connectivity index (χ3n) is 4.80. The SMILES string of the molecule is CC(C)(C)OC(=O)N1CCC(c2csc(-c3c[nH]c4ccncc34)n2)CC1. The zero-order chi connectivity index (χ0) is 19.0. The maximum absolute atomic E-state index is 12.2. The molecular weight excluding hydrogens is 360 g/mol. The van der Waals surface area contributed by atoms with Crippen molar-refractivity contribution in [3.8, 4) is 10.6 Å². The first-order chi connectivity index (χ1) is 12.9. The summed E-state index contributed by atoms with van der Waals surface area (Å²) in [6.07, 6.45) is 7.28. The lowest BCUT2D eigenvalue weighted by molar-refractivity contribution is 0.0204. The maximum Gasteiger partial charge on any atom is 0.410 e. The van der Waals surface area contributed by atoms with Crippen molar-refractivity contribution < 1.29 is 9.53 Å². The summed E-state index contributed by atoms with van der Waals surface area (Å²) in [5.74, 6) is 0.386. The normalized spacial score (nSPS) is 16.0. The number of rotatable bonds is 2. The number of carbonyl (C=O) groups is 1. The van der Waals surface area contributed by atoms with Crippen molar-refractivity contribution in [2.75, 3.05) is 13.1 Å². The standard InChI is InChI=1S/C20H24N4O2S/c1-20(2,3)26-19(25)24-8-5-13(6-9-24)17-12-27-18(23-17)15-11-22-16-4-7-21-10-14(15)16/h4,7,10-13,22H,5-6,8-9H2,1-3H3. The first-order valence-corrected chi connectivity index (χ1v) is 10.1. The molecule has 1 amide bonds. The predicted molar refractivity (Wildman–Crippen MR) is 107 cm³/mol. The van der Waals surface area contributed by atoms with Crippen LogP contribution in [0.25, 0.3) is 21.5 Å². The van der Waals surface area contributed by atoms with Gasteiger partial charge in [-0.3, -0.25) is 4.98 Å². The van der Waals surface area contributed by atoms with E-state index in [1.54, 1.807) is 22.4 Å². The van der Waals surface area contributed by atoms with Crippen LogP contribution in [0, 0.1) is 0 Å². The van der Waals surface area contributed by atoms with Crippen molar-refractivity contribution in [2.24, 2.45) is 0 Å². The topological polar surface area (TPSA) is 71.1 Å². The highest BCUT2D eigenvalue weighted by Crippen LogP contribution is 2.35. The first kappa shape index (κ1) is 18.0. The molecule has 3 aromatic heterocycles. The van der Waals surface area contributed by atoms with Gasteiger partial charge in [0.25, 0.3) is 0 Å². The first-order valence-electron chi connectivity index (χ1n) is 9.25. The summed E-state index contributed by atoms with van der Waals surface area (Å²) in [7, 11) is 0. The molecule has 0 aromatic carbocycles. The van der Waals surface area contributed by atoms with Gasteiger partial charge in [0, 0.05) is 59.4 Å². The second kappa shape index (κ2) is 6.96. The van der Waals surface area contributed by atoms with Gasteiger partial charge in [-0.25, -0.2) is 9.78 Å². The number of H-pyrrole nitrogens is 1. The number of aromatic amines is 1. The van der Waals surface area contributed by atoms with Gasteiger partial charge >= 0.3 is 6.09 Å². The van der Waals surface area contributed by atoms with Crippen molar-refractivity contribution in [2.45, 2.75) is 45.1 Å². The molecule has 0 atom stereocenters. The molecule has 0 bridgehead atoms. The van der Waals surface area contributed by atoms with Gasteiger partial charge in [-0.2, -0.15) is 0 Å². The highest BCUT2D eigenvalue weighted by molar-refractivity contribution is 7.13. The van der Waals surface area contributed by atoms with Crippen LogP contribution in [0.4, 0.5) is 4.79 Å². The minimum absolute atomic E-state index is 0.216. The van der Waals surface area contributed by atoms with Crippen LogP contribution in [0.2, 0.25) is 0 Å². The minimum atomic E-state index is -0.452. The molecule has 1 N–H and O–H groups in total. The average molecular weight is 385 g/mol. The summed E-state index contributed by atoms with van der Waals surface area (Å²) in [6.45, 7) is 7.12. The number of nitrogens with zero attached hydrogens (tertiary/aromatic N) is 3. The Hall–Kier alpha value is -2.41. The summed E-state index contributed by atoms with van der Waals surface area (Å²) in [5, 5.41) is 4.26. The third-order valence-corrected chi connectivity index (χ3v) is 5.69. The molecule has 1 aliphatic rings. The zero-order valence-corrected chi connectivity index (χ0v) is 16.7. The van der Waals surface area contributed by atoms with Gasteiger partial charge in [-0.1, -0.05) is 0 Å². The summed E-state index contributed by atoms with van der Waals surface area (Å²) in [5.41, 5.74) is 2.84. The Bertz CT molecular complexity index is 948. The lowest BCUT2D eigenvalue weighted by atomic mass is 9.94. The van der Waals surface area contributed by atoms with Crippen LogP contribution >= 0.6 is 11.3 Å². The number of piperidine rings is 1. The maximum atomic E-state index is 12.2. The summed E-state index contributed by atoms with van der Waals surface area (Å²) >= 11 is 1.67. The van der Waals surface area contributed by atoms with E-state index < -0.39 is 5.60 Å². The van der Waals surface area contributed by atoms with Crippen LogP contribution in [-0.4, -0.2) is 44.6 Å². The van der Waals surface area contributed by atoms with E-state index in [1.807, 2.05) is 39.2 Å². The Morgan fingerprint density at radius 1 is 1.33 bits per heavy atom. The van der Waals surface area contributed by atoms with E-state index in [9.17, 15) is 4.79 Å². The summed E-state index contributed by atoms with van der Waals surface area (Å²) < 4.78 is 5.48. The molecule has 142 valence electrons. The number of carbonyl (C=O) groups excluding carboxylic acids is 1. The van der Waals surface area contributed by atoms with E-state index in [1.165, 1.54) is 0 Å². The molecule has 1 aliphatic heterocycles. The molecule has 4 heterocycles. The Morgan fingerprint density at radius 3 is 2.85 bits per heavy atom. The van der Waals surface area contributed by atoms with Crippen molar-refractivity contribution >= 4 is 28.3 Å². The highest BCUT2D eigenvalue weighted by Gasteiger charge is 2.28. The van der Waals surface area contributed by atoms with Crippen molar-refractivity contribution in [1.29, 1.82) is 0 Å². The number of pyridine rings is 1. The van der Waals surface area contributed by atoms with Crippen molar-refractivity contribution in [1.82, 2.24) is 19.9 Å². The molecule has 0 saturated carbocycles. The number of thiazole rings is 1. The Balaban J connectivity index is 1.44. The molecule has 7 heteroatoms. The summed E-state index contributed by atoms with van der Waals surface area (Å²) in [4.78, 5) is 26.4. The smallest absolute Gasteiger partial charge is 0.410 e. The van der Waals surface area contributed by atoms with E-state index in [4.69, 9.17) is 9.72 Å². The van der Waals surface area contributed by atoms with Gasteiger partial charge in [0.05, 0.1) is 5.69 Å². The number of amides is 1. The molecule has 0 aliphatic carbocycles. The zero-order valence-electron chi connectivity index (χ0n) is 15.9. The molecule has 0 spiro atoms. The lowest BCUT2D eigenvalue weighted by Crippen LogP contribution is -2.41. The van der Waals surface area contributed by atoms with Gasteiger partial charge in [0.1, 0.15) is 10.6 Å². The summed E-state index contributed by atoms with van der Waals surface area (Å²) in [6, 6.07) is 1.97. The van der Waals surface area contributed by atoms with Crippen LogP contribution in [0.3, 0.4) is 0 Å². The predicted octanol–water partition coefficient (Wildman–Crippen LogP) is 4.80. The number of likely N-dealkylation sites (tertiary alicyclic amines) is 1. The van der Waals surface area contributed by atoms with E-state index in [0.29, 0.717) is 19.0 Å². The van der Waals surface area contributed by atoms with Crippen LogP contribution in [0.5, 0.6) is 0 Å². The highest BCUT2D eigenvalue weighted by atomic mass is 32.1. The molecule has 3 aromatic rings. The van der Waals surface area contributed by atoms with E-state index in [0.717, 1.165) is 40.0 Å². The van der Waals surface area contributed by atoms with Gasteiger partial charge in [-0.05, 0) is 39.7 Å². The van der Waals surface area contributed by atoms with E-state index in [-0.39, 0.29) is 6.09 Å². The monoisotopic (exact) mass is 384 g/mol. The van der Waals surface area contributed by atoms with Gasteiger partial charge < -0.3 is 14.6 Å². The van der Waals surface area contributed by atoms with Crippen LogP contribution in [0.15, 0.2) is 30.0 Å². The third kappa shape index (κ3) is 3.83. The Labute approximate surface area is 162 Å². The van der Waals surface area contributed by atoms with Gasteiger partial charge in [0.15, 0.2) is 0 Å². The quantitative estimate of drug-likeness (QED) is 0.689. The fraction of sp³-hybridized carbons (Fsp3) is 0.450. The van der Waals surface area contributed by atoms with Crippen LogP contribution in [0.1, 0.15) is 45.2 Å². The molecule has 0 unspecified atom stereocenters. The van der Waals surface area contributed by atoms with E-state index in [2.05, 4.69) is 15.3 Å². The fourth-order valence-corrected chi connectivity index (χ4v) is 4.35. The second-order valence-corrected chi connectivity index (χ2v) is 8.80. The van der Waals surface area contributed by atoms with Crippen LogP contribution in [-0.2, 0) is 4.74 Å². The molecule has 1 fully saturated rings. The molecule has 6 nitrogen and oxygen atoms in total. The second-order valence-electron chi connectivity index (χ2n) is 7.94. The molecule has 4 rings (SSSR count). The van der Waals surface area contributed by atoms with Gasteiger partial charge in [0.2, 0.25) is 0 Å². The van der Waals surface area contributed by atoms with Crippen LogP contribution < -0.4 is 0 Å². The molecule has 1 saturated heterocycles. The van der Waals surface area contributed by atoms with Gasteiger partial charge in [-0.15, -0.1) is 11.3 Å². The molecule has 27 heavy (non-hydrogen) atoms.